The van der Waals surface area contributed by atoms with Crippen LogP contribution in [0.25, 0.3) is 0 Å². The van der Waals surface area contributed by atoms with Gasteiger partial charge in [-0.05, 0) is 45.5 Å². The van der Waals surface area contributed by atoms with Gasteiger partial charge in [-0.1, -0.05) is 6.07 Å². The molecule has 23 heavy (non-hydrogen) atoms. The first-order valence-corrected chi connectivity index (χ1v) is 8.36. The Morgan fingerprint density at radius 2 is 2.22 bits per heavy atom. The van der Waals surface area contributed by atoms with Crippen LogP contribution in [0.4, 0.5) is 5.82 Å². The van der Waals surface area contributed by atoms with E-state index >= 15 is 0 Å². The number of nitrogens with zero attached hydrogens (tertiary/aromatic N) is 3. The number of carbonyl (C=O) groups is 1. The zero-order chi connectivity index (χ0) is 16.7. The zero-order valence-corrected chi connectivity index (χ0v) is 14.5. The molecule has 0 aromatic carbocycles. The molecule has 128 valence electrons. The molecule has 1 aromatic heterocycles. The largest absolute Gasteiger partial charge is 0.370 e. The first-order chi connectivity index (χ1) is 11.0. The van der Waals surface area contributed by atoms with Crippen molar-refractivity contribution in [2.45, 2.75) is 25.8 Å². The van der Waals surface area contributed by atoms with Gasteiger partial charge in [0.1, 0.15) is 5.82 Å². The van der Waals surface area contributed by atoms with Crippen LogP contribution in [0.5, 0.6) is 0 Å². The van der Waals surface area contributed by atoms with Gasteiger partial charge in [0, 0.05) is 38.4 Å². The van der Waals surface area contributed by atoms with Gasteiger partial charge in [-0.15, -0.1) is 0 Å². The molecular weight excluding hydrogens is 290 g/mol. The van der Waals surface area contributed by atoms with Crippen LogP contribution >= 0.6 is 0 Å². The van der Waals surface area contributed by atoms with E-state index in [0.717, 1.165) is 43.9 Å². The molecule has 2 N–H and O–H groups in total. The lowest BCUT2D eigenvalue weighted by atomic mass is 10.2. The fourth-order valence-corrected chi connectivity index (χ4v) is 2.74. The van der Waals surface area contributed by atoms with Crippen molar-refractivity contribution in [3.8, 4) is 0 Å². The molecule has 1 saturated heterocycles. The molecule has 1 unspecified atom stereocenters. The van der Waals surface area contributed by atoms with Crippen LogP contribution in [0.3, 0.4) is 0 Å². The van der Waals surface area contributed by atoms with Crippen molar-refractivity contribution in [1.29, 1.82) is 0 Å². The lowest BCUT2D eigenvalue weighted by Gasteiger charge is -2.20. The Bertz CT molecular complexity index is 488. The van der Waals surface area contributed by atoms with Crippen LogP contribution in [-0.4, -0.2) is 73.6 Å². The molecule has 1 atom stereocenters. The second-order valence-electron chi connectivity index (χ2n) is 6.49. The van der Waals surface area contributed by atoms with Crippen LogP contribution < -0.4 is 10.6 Å². The number of anilines is 1. The number of likely N-dealkylation sites (tertiary alicyclic amines) is 1. The summed E-state index contributed by atoms with van der Waals surface area (Å²) in [4.78, 5) is 20.7. The SMILES string of the molecule is Cc1ccc(NCCCNC(=O)CN2CCC(N(C)C)C2)nc1. The van der Waals surface area contributed by atoms with Crippen molar-refractivity contribution in [2.24, 2.45) is 0 Å². The van der Waals surface area contributed by atoms with Crippen molar-refractivity contribution in [2.75, 3.05) is 52.1 Å². The van der Waals surface area contributed by atoms with Crippen molar-refractivity contribution in [1.82, 2.24) is 20.1 Å². The highest BCUT2D eigenvalue weighted by Crippen LogP contribution is 2.12. The first kappa shape index (κ1) is 17.7. The lowest BCUT2D eigenvalue weighted by Crippen LogP contribution is -2.38. The summed E-state index contributed by atoms with van der Waals surface area (Å²) in [6, 6.07) is 4.59. The van der Waals surface area contributed by atoms with Crippen molar-refractivity contribution < 1.29 is 4.79 Å². The zero-order valence-electron chi connectivity index (χ0n) is 14.5. The topological polar surface area (TPSA) is 60.5 Å². The van der Waals surface area contributed by atoms with E-state index in [2.05, 4.69) is 39.5 Å². The standard InChI is InChI=1S/C17H29N5O/c1-14-5-6-16(20-11-14)18-8-4-9-19-17(23)13-22-10-7-15(12-22)21(2)3/h5-6,11,15H,4,7-10,12-13H2,1-3H3,(H,18,20)(H,19,23). The summed E-state index contributed by atoms with van der Waals surface area (Å²) in [6.45, 7) is 6.04. The maximum atomic E-state index is 11.9. The molecule has 0 saturated carbocycles. The molecule has 2 rings (SSSR count). The number of nitrogens with one attached hydrogen (secondary N) is 2. The van der Waals surface area contributed by atoms with E-state index in [0.29, 0.717) is 19.1 Å². The Kier molecular flexibility index (Phi) is 6.80. The summed E-state index contributed by atoms with van der Waals surface area (Å²) in [6.07, 6.45) is 3.89. The van der Waals surface area contributed by atoms with Gasteiger partial charge >= 0.3 is 0 Å². The number of rotatable bonds is 8. The van der Waals surface area contributed by atoms with E-state index in [9.17, 15) is 4.79 Å². The normalized spacial score (nSPS) is 18.3. The predicted octanol–water partition coefficient (Wildman–Crippen LogP) is 0.944. The van der Waals surface area contributed by atoms with Crippen LogP contribution in [0, 0.1) is 6.92 Å². The average Bonchev–Trinajstić information content (AvgIpc) is 2.97. The summed E-state index contributed by atoms with van der Waals surface area (Å²) < 4.78 is 0. The fraction of sp³-hybridized carbons (Fsp3) is 0.647. The predicted molar refractivity (Wildman–Crippen MR) is 93.6 cm³/mol. The van der Waals surface area contributed by atoms with E-state index in [1.54, 1.807) is 0 Å². The number of hydrogen-bond donors (Lipinski definition) is 2. The number of aryl methyl sites for hydroxylation is 1. The highest BCUT2D eigenvalue weighted by Gasteiger charge is 2.24. The van der Waals surface area contributed by atoms with Gasteiger partial charge in [0.25, 0.3) is 0 Å². The van der Waals surface area contributed by atoms with Crippen LogP contribution in [0.2, 0.25) is 0 Å². The molecule has 1 amide bonds. The van der Waals surface area contributed by atoms with E-state index in [-0.39, 0.29) is 5.91 Å². The van der Waals surface area contributed by atoms with Crippen molar-refractivity contribution in [3.63, 3.8) is 0 Å². The molecular formula is C17H29N5O. The molecule has 1 aromatic rings. The second kappa shape index (κ2) is 8.84. The highest BCUT2D eigenvalue weighted by molar-refractivity contribution is 5.78. The second-order valence-corrected chi connectivity index (χ2v) is 6.49. The smallest absolute Gasteiger partial charge is 0.234 e. The summed E-state index contributed by atoms with van der Waals surface area (Å²) in [7, 11) is 4.20. The van der Waals surface area contributed by atoms with Crippen LogP contribution in [0.15, 0.2) is 18.3 Å². The molecule has 0 spiro atoms. The maximum absolute atomic E-state index is 11.9. The van der Waals surface area contributed by atoms with E-state index < -0.39 is 0 Å². The van der Waals surface area contributed by atoms with Gasteiger partial charge < -0.3 is 15.5 Å². The first-order valence-electron chi connectivity index (χ1n) is 8.36. The Balaban J connectivity index is 1.54. The third-order valence-electron chi connectivity index (χ3n) is 4.24. The minimum Gasteiger partial charge on any atom is -0.370 e. The Hall–Kier alpha value is -1.66. The molecule has 2 heterocycles. The number of likely N-dealkylation sites (N-methyl/N-ethyl adjacent to an activating group) is 1. The summed E-state index contributed by atoms with van der Waals surface area (Å²) in [5.74, 6) is 1.01. The van der Waals surface area contributed by atoms with Crippen LogP contribution in [0.1, 0.15) is 18.4 Å². The molecule has 0 bridgehead atoms. The minimum atomic E-state index is 0.123. The summed E-state index contributed by atoms with van der Waals surface area (Å²) >= 11 is 0. The quantitative estimate of drug-likeness (QED) is 0.699. The van der Waals surface area contributed by atoms with Gasteiger partial charge in [-0.2, -0.15) is 0 Å². The third-order valence-corrected chi connectivity index (χ3v) is 4.24. The molecule has 6 nitrogen and oxygen atoms in total. The number of pyridine rings is 1. The summed E-state index contributed by atoms with van der Waals surface area (Å²) in [5.41, 5.74) is 1.15. The molecule has 6 heteroatoms. The van der Waals surface area contributed by atoms with Crippen molar-refractivity contribution >= 4 is 11.7 Å². The fourth-order valence-electron chi connectivity index (χ4n) is 2.74. The Morgan fingerprint density at radius 3 is 2.87 bits per heavy atom. The number of hydrogen-bond acceptors (Lipinski definition) is 5. The van der Waals surface area contributed by atoms with E-state index in [1.165, 1.54) is 0 Å². The van der Waals surface area contributed by atoms with Gasteiger partial charge in [0.15, 0.2) is 0 Å². The van der Waals surface area contributed by atoms with Gasteiger partial charge in [0.05, 0.1) is 6.54 Å². The van der Waals surface area contributed by atoms with Gasteiger partial charge in [0.2, 0.25) is 5.91 Å². The molecule has 1 aliphatic heterocycles. The highest BCUT2D eigenvalue weighted by atomic mass is 16.2. The Morgan fingerprint density at radius 1 is 1.39 bits per heavy atom. The van der Waals surface area contributed by atoms with Crippen LogP contribution in [-0.2, 0) is 4.79 Å². The number of amides is 1. The molecule has 0 aliphatic carbocycles. The number of carbonyl (C=O) groups excluding carboxylic acids is 1. The maximum Gasteiger partial charge on any atom is 0.234 e. The average molecular weight is 319 g/mol. The number of aromatic nitrogens is 1. The Labute approximate surface area is 139 Å². The third kappa shape index (κ3) is 6.15. The van der Waals surface area contributed by atoms with E-state index in [1.807, 2.05) is 25.3 Å². The molecule has 1 fully saturated rings. The molecule has 1 aliphatic rings. The molecule has 0 radical (unpaired) electrons. The monoisotopic (exact) mass is 319 g/mol. The van der Waals surface area contributed by atoms with E-state index in [4.69, 9.17) is 0 Å². The lowest BCUT2D eigenvalue weighted by molar-refractivity contribution is -0.122. The van der Waals surface area contributed by atoms with Gasteiger partial charge in [-0.25, -0.2) is 4.98 Å². The minimum absolute atomic E-state index is 0.123. The summed E-state index contributed by atoms with van der Waals surface area (Å²) in [5, 5.41) is 6.25. The van der Waals surface area contributed by atoms with Crippen molar-refractivity contribution in [3.05, 3.63) is 23.9 Å². The van der Waals surface area contributed by atoms with Gasteiger partial charge in [-0.3, -0.25) is 9.69 Å².